The molecule has 0 saturated carbocycles. The van der Waals surface area contributed by atoms with Gasteiger partial charge in [0.15, 0.2) is 0 Å². The molecule has 3 nitrogen and oxygen atoms in total. The Hall–Kier alpha value is -7.56. The summed E-state index contributed by atoms with van der Waals surface area (Å²) in [6.07, 6.45) is 4.52. The summed E-state index contributed by atoms with van der Waals surface area (Å²) in [6, 6.07) is 72.3. The third kappa shape index (κ3) is 10.4. The molecule has 0 aromatic heterocycles. The van der Waals surface area contributed by atoms with Gasteiger partial charge in [0.1, 0.15) is 0 Å². The van der Waals surface area contributed by atoms with Crippen LogP contribution < -0.4 is 31.1 Å². The number of rotatable bonds is 7. The van der Waals surface area contributed by atoms with E-state index in [-0.39, 0.29) is 50.0 Å². The van der Waals surface area contributed by atoms with Crippen LogP contribution in [0, 0.1) is 0 Å². The summed E-state index contributed by atoms with van der Waals surface area (Å²) >= 11 is 0. The molecular weight excluding hydrogens is 1090 g/mol. The fraction of sp³-hybridized carbons (Fsp3) is 0.372. The van der Waals surface area contributed by atoms with Crippen LogP contribution in [-0.2, 0) is 43.3 Å². The van der Waals surface area contributed by atoms with Gasteiger partial charge in [-0.1, -0.05) is 248 Å². The standard InChI is InChI=1S/C86H98BN3/c1-79(2,3)57-31-37-61(38-32-57)88(62-39-33-58(34-40-62)80(4,5)6)63-49-76-78-77(50-63)90(73-42-36-60(82(10,11)12)48-65(73)56-29-25-22-26-30-56)75-54-69-67(84(15,16)44-46-86(69,19)20)52-71(75)87(78)70-51-66-68(85(17,18)45-43-83(66,13)14)53-74(70)89(76)72-41-35-59(81(7,8)9)47-64(72)55-27-23-21-24-28-55/h21-42,47-54H,43-46H2,1-20H3. The zero-order valence-corrected chi connectivity index (χ0v) is 58.1. The Morgan fingerprint density at radius 2 is 0.622 bits per heavy atom. The van der Waals surface area contributed by atoms with E-state index in [1.807, 2.05) is 0 Å². The van der Waals surface area contributed by atoms with E-state index in [1.54, 1.807) is 0 Å². The molecule has 0 atom stereocenters. The topological polar surface area (TPSA) is 9.72 Å². The van der Waals surface area contributed by atoms with Crippen LogP contribution in [0.4, 0.5) is 51.2 Å². The van der Waals surface area contributed by atoms with E-state index in [1.165, 1.54) is 117 Å². The Morgan fingerprint density at radius 3 is 0.944 bits per heavy atom. The molecule has 0 unspecified atom stereocenters. The van der Waals surface area contributed by atoms with Crippen molar-refractivity contribution >= 4 is 74.3 Å². The summed E-state index contributed by atoms with van der Waals surface area (Å²) in [5.41, 5.74) is 30.4. The van der Waals surface area contributed by atoms with Crippen molar-refractivity contribution in [3.63, 3.8) is 0 Å². The second kappa shape index (κ2) is 21.0. The van der Waals surface area contributed by atoms with Crippen LogP contribution in [0.1, 0.15) is 209 Å². The van der Waals surface area contributed by atoms with E-state index < -0.39 is 0 Å². The van der Waals surface area contributed by atoms with Crippen molar-refractivity contribution in [1.82, 2.24) is 0 Å². The average Bonchev–Trinajstić information content (AvgIpc) is 0.684. The van der Waals surface area contributed by atoms with Crippen molar-refractivity contribution in [2.75, 3.05) is 14.7 Å². The van der Waals surface area contributed by atoms with Crippen molar-refractivity contribution in [3.05, 3.63) is 226 Å². The van der Waals surface area contributed by atoms with Crippen LogP contribution in [0.2, 0.25) is 0 Å². The van der Waals surface area contributed by atoms with Gasteiger partial charge in [-0.2, -0.15) is 0 Å². The van der Waals surface area contributed by atoms with Gasteiger partial charge in [0.25, 0.3) is 6.71 Å². The summed E-state index contributed by atoms with van der Waals surface area (Å²) in [5.74, 6) is 0. The highest BCUT2D eigenvalue weighted by Gasteiger charge is 2.50. The van der Waals surface area contributed by atoms with Crippen LogP contribution >= 0.6 is 0 Å². The maximum atomic E-state index is 2.75. The first kappa shape index (κ1) is 61.3. The number of fused-ring (bicyclic) bond motifs is 6. The van der Waals surface area contributed by atoms with E-state index in [0.717, 1.165) is 42.7 Å². The van der Waals surface area contributed by atoms with Crippen molar-refractivity contribution in [1.29, 1.82) is 0 Å². The molecule has 4 heteroatoms. The van der Waals surface area contributed by atoms with E-state index in [4.69, 9.17) is 0 Å². The Kier molecular flexibility index (Phi) is 14.3. The van der Waals surface area contributed by atoms with Crippen molar-refractivity contribution in [2.45, 2.75) is 207 Å². The summed E-state index contributed by atoms with van der Waals surface area (Å²) < 4.78 is 0. The highest BCUT2D eigenvalue weighted by atomic mass is 15.2. The Balaban J connectivity index is 1.25. The lowest BCUT2D eigenvalue weighted by Crippen LogP contribution is -2.62. The summed E-state index contributed by atoms with van der Waals surface area (Å²) in [4.78, 5) is 8.06. The number of benzene rings is 9. The molecule has 460 valence electrons. The van der Waals surface area contributed by atoms with Gasteiger partial charge in [-0.25, -0.2) is 0 Å². The SMILES string of the molecule is CC(C)(C)c1ccc(N(c2ccc(C(C)(C)C)cc2)c2cc3c4c(c2)N(c2ccc(C(C)(C)C)cc2-c2ccccc2)c2cc5c(cc2B4c2cc4c(cc2N3c2ccc(C(C)(C)C)cc2-c2ccccc2)C(C)(C)CCC4(C)C)C(C)(C)CCC5(C)C)cc1. The van der Waals surface area contributed by atoms with Gasteiger partial charge in [-0.15, -0.1) is 0 Å². The maximum absolute atomic E-state index is 2.75. The van der Waals surface area contributed by atoms with Crippen molar-refractivity contribution in [2.24, 2.45) is 0 Å². The van der Waals surface area contributed by atoms with Gasteiger partial charge >= 0.3 is 0 Å². The van der Waals surface area contributed by atoms with E-state index >= 15 is 0 Å². The van der Waals surface area contributed by atoms with Crippen LogP contribution in [0.5, 0.6) is 0 Å². The fourth-order valence-electron chi connectivity index (χ4n) is 15.5. The lowest BCUT2D eigenvalue weighted by Gasteiger charge is -2.49. The molecular formula is C86H98BN3. The zero-order valence-electron chi connectivity index (χ0n) is 58.1. The minimum atomic E-state index is -0.104. The molecule has 2 aliphatic heterocycles. The molecule has 90 heavy (non-hydrogen) atoms. The molecule has 0 saturated heterocycles. The fourth-order valence-corrected chi connectivity index (χ4v) is 15.5. The normalized spacial score (nSPS) is 17.0. The average molecular weight is 1180 g/mol. The third-order valence-corrected chi connectivity index (χ3v) is 21.6. The summed E-state index contributed by atoms with van der Waals surface area (Å²) in [6.45, 7) is 48.0. The first-order valence-corrected chi connectivity index (χ1v) is 33.7. The van der Waals surface area contributed by atoms with Gasteiger partial charge in [0, 0.05) is 45.3 Å². The molecule has 0 amide bonds. The van der Waals surface area contributed by atoms with Crippen LogP contribution in [0.15, 0.2) is 182 Å². The van der Waals surface area contributed by atoms with Gasteiger partial charge in [0.05, 0.1) is 17.1 Å². The Bertz CT molecular complexity index is 3990. The number of hydrogen-bond acceptors (Lipinski definition) is 3. The lowest BCUT2D eigenvalue weighted by atomic mass is 9.32. The monoisotopic (exact) mass is 1180 g/mol. The second-order valence-corrected chi connectivity index (χ2v) is 34.1. The highest BCUT2D eigenvalue weighted by Crippen LogP contribution is 2.56. The maximum Gasteiger partial charge on any atom is 0.252 e. The second-order valence-electron chi connectivity index (χ2n) is 34.1. The Labute approximate surface area is 542 Å². The molecule has 0 N–H and O–H groups in total. The first-order valence-electron chi connectivity index (χ1n) is 33.7. The number of nitrogens with zero attached hydrogens (tertiary/aromatic N) is 3. The molecule has 2 heterocycles. The minimum absolute atomic E-state index is 0.0194. The molecule has 13 rings (SSSR count). The van der Waals surface area contributed by atoms with E-state index in [9.17, 15) is 0 Å². The molecule has 0 bridgehead atoms. The third-order valence-electron chi connectivity index (χ3n) is 21.6. The van der Waals surface area contributed by atoms with Crippen LogP contribution in [0.3, 0.4) is 0 Å². The first-order chi connectivity index (χ1) is 42.1. The predicted molar refractivity (Wildman–Crippen MR) is 391 cm³/mol. The molecule has 0 spiro atoms. The highest BCUT2D eigenvalue weighted by molar-refractivity contribution is 7.00. The number of anilines is 9. The molecule has 0 radical (unpaired) electrons. The zero-order chi connectivity index (χ0) is 64.2. The largest absolute Gasteiger partial charge is 0.311 e. The molecule has 4 aliphatic rings. The van der Waals surface area contributed by atoms with E-state index in [0.29, 0.717) is 0 Å². The quantitative estimate of drug-likeness (QED) is 0.147. The molecule has 9 aromatic carbocycles. The summed E-state index contributed by atoms with van der Waals surface area (Å²) in [7, 11) is 0. The van der Waals surface area contributed by atoms with Crippen LogP contribution in [0.25, 0.3) is 22.3 Å². The van der Waals surface area contributed by atoms with Gasteiger partial charge in [-0.3, -0.25) is 0 Å². The van der Waals surface area contributed by atoms with Gasteiger partial charge < -0.3 is 14.7 Å². The van der Waals surface area contributed by atoms with Gasteiger partial charge in [-0.05, 0) is 214 Å². The molecule has 2 aliphatic carbocycles. The van der Waals surface area contributed by atoms with Crippen molar-refractivity contribution in [3.8, 4) is 22.3 Å². The van der Waals surface area contributed by atoms with Crippen LogP contribution in [-0.4, -0.2) is 6.71 Å². The lowest BCUT2D eigenvalue weighted by molar-refractivity contribution is 0.332. The smallest absolute Gasteiger partial charge is 0.252 e. The molecule has 0 fully saturated rings. The molecule has 9 aromatic rings. The summed E-state index contributed by atoms with van der Waals surface area (Å²) in [5, 5.41) is 0. The van der Waals surface area contributed by atoms with Crippen molar-refractivity contribution < 1.29 is 0 Å². The minimum Gasteiger partial charge on any atom is -0.311 e. The van der Waals surface area contributed by atoms with Gasteiger partial charge in [0.2, 0.25) is 0 Å². The number of hydrogen-bond donors (Lipinski definition) is 0. The van der Waals surface area contributed by atoms with E-state index in [2.05, 4.69) is 335 Å². The Morgan fingerprint density at radius 1 is 0.311 bits per heavy atom. The predicted octanol–water partition coefficient (Wildman–Crippen LogP) is 22.5.